The number of carbonyl (C=O) groups excluding carboxylic acids is 1. The van der Waals surface area contributed by atoms with Gasteiger partial charge < -0.3 is 25.7 Å². The molecule has 4 N–H and O–H groups in total. The number of benzene rings is 1. The van der Waals surface area contributed by atoms with Gasteiger partial charge in [0.2, 0.25) is 5.91 Å². The van der Waals surface area contributed by atoms with Crippen LogP contribution in [0.2, 0.25) is 5.02 Å². The van der Waals surface area contributed by atoms with Crippen molar-refractivity contribution in [3.63, 3.8) is 0 Å². The Morgan fingerprint density at radius 1 is 1.28 bits per heavy atom. The minimum atomic E-state index is -0.981. The highest BCUT2D eigenvalue weighted by molar-refractivity contribution is 7.80. The first-order valence-corrected chi connectivity index (χ1v) is 9.26. The zero-order chi connectivity index (χ0) is 17.7. The lowest BCUT2D eigenvalue weighted by atomic mass is 9.77. The lowest BCUT2D eigenvalue weighted by molar-refractivity contribution is -0.131. The number of nitrogens with one attached hydrogen (secondary N) is 2. The third-order valence-electron chi connectivity index (χ3n) is 5.21. The largest absolute Gasteiger partial charge is 0.390 e. The summed E-state index contributed by atoms with van der Waals surface area (Å²) in [6, 6.07) is 6.59. The van der Waals surface area contributed by atoms with Gasteiger partial charge in [-0.2, -0.15) is 0 Å². The van der Waals surface area contributed by atoms with E-state index in [1.54, 1.807) is 12.1 Å². The number of aliphatic hydroxyl groups is 2. The van der Waals surface area contributed by atoms with Crippen LogP contribution >= 0.6 is 23.8 Å². The maximum Gasteiger partial charge on any atom is 0.225 e. The second kappa shape index (κ2) is 6.39. The van der Waals surface area contributed by atoms with Crippen LogP contribution in [0.15, 0.2) is 24.3 Å². The van der Waals surface area contributed by atoms with Crippen molar-refractivity contribution in [1.29, 1.82) is 0 Å². The zero-order valence-corrected chi connectivity index (χ0v) is 15.0. The van der Waals surface area contributed by atoms with E-state index in [9.17, 15) is 15.0 Å². The minimum absolute atomic E-state index is 0.0890. The van der Waals surface area contributed by atoms with Crippen LogP contribution in [0.5, 0.6) is 0 Å². The normalized spacial score (nSPS) is 34.4. The van der Waals surface area contributed by atoms with Crippen molar-refractivity contribution in [2.45, 2.75) is 49.6 Å². The number of nitrogens with zero attached hydrogens (tertiary/aromatic N) is 1. The third-order valence-corrected chi connectivity index (χ3v) is 5.78. The molecule has 1 aromatic carbocycles. The number of halogens is 1. The monoisotopic (exact) mass is 381 g/mol. The molecule has 1 heterocycles. The predicted octanol–water partition coefficient (Wildman–Crippen LogP) is 0.792. The Hall–Kier alpha value is -1.41. The predicted molar refractivity (Wildman–Crippen MR) is 98.5 cm³/mol. The summed E-state index contributed by atoms with van der Waals surface area (Å²) in [6.07, 6.45) is 0.252. The Balaban J connectivity index is 1.68. The average molecular weight is 382 g/mol. The highest BCUT2D eigenvalue weighted by atomic mass is 35.5. The number of carbonyl (C=O) groups is 1. The molecule has 0 bridgehead atoms. The van der Waals surface area contributed by atoms with E-state index in [-0.39, 0.29) is 24.4 Å². The van der Waals surface area contributed by atoms with Gasteiger partial charge in [-0.1, -0.05) is 11.6 Å². The van der Waals surface area contributed by atoms with Crippen LogP contribution in [0, 0.1) is 5.92 Å². The Kier molecular flexibility index (Phi) is 4.35. The fourth-order valence-corrected chi connectivity index (χ4v) is 4.27. The molecule has 5 atom stereocenters. The van der Waals surface area contributed by atoms with Crippen LogP contribution < -0.4 is 15.5 Å². The van der Waals surface area contributed by atoms with Crippen molar-refractivity contribution in [2.24, 2.45) is 5.92 Å². The summed E-state index contributed by atoms with van der Waals surface area (Å²) >= 11 is 11.4. The highest BCUT2D eigenvalue weighted by Gasteiger charge is 2.54. The summed E-state index contributed by atoms with van der Waals surface area (Å²) in [6.45, 7) is 0. The number of aliphatic hydroxyl groups excluding tert-OH is 2. The molecular formula is C17H20ClN3O3S. The van der Waals surface area contributed by atoms with Crippen LogP contribution in [0.25, 0.3) is 0 Å². The summed E-state index contributed by atoms with van der Waals surface area (Å²) in [5.41, 5.74) is 0.808. The fraction of sp³-hybridized carbons (Fsp3) is 0.529. The molecule has 6 nitrogen and oxygen atoms in total. The van der Waals surface area contributed by atoms with Gasteiger partial charge in [-0.05, 0) is 55.7 Å². The zero-order valence-electron chi connectivity index (χ0n) is 13.4. The van der Waals surface area contributed by atoms with Gasteiger partial charge in [0.05, 0.1) is 24.1 Å². The van der Waals surface area contributed by atoms with Crippen molar-refractivity contribution in [1.82, 2.24) is 10.6 Å². The molecule has 134 valence electrons. The lowest BCUT2D eigenvalue weighted by Gasteiger charge is -2.41. The summed E-state index contributed by atoms with van der Waals surface area (Å²) in [4.78, 5) is 14.6. The van der Waals surface area contributed by atoms with Crippen molar-refractivity contribution in [3.05, 3.63) is 29.3 Å². The first kappa shape index (κ1) is 17.0. The molecule has 25 heavy (non-hydrogen) atoms. The SMILES string of the molecule is O=C(NC1CC1)[C@@H]1C[C@@H](O)[C@H](O)[C@@H]2NC(=S)N(c3ccc(Cl)cc3)[C@@H]21. The maximum absolute atomic E-state index is 12.8. The number of hydrogen-bond acceptors (Lipinski definition) is 4. The van der Waals surface area contributed by atoms with Gasteiger partial charge in [-0.15, -0.1) is 0 Å². The molecule has 0 radical (unpaired) electrons. The van der Waals surface area contributed by atoms with Crippen molar-refractivity contribution in [3.8, 4) is 0 Å². The van der Waals surface area contributed by atoms with E-state index in [1.807, 2.05) is 17.0 Å². The van der Waals surface area contributed by atoms with E-state index in [2.05, 4.69) is 10.6 Å². The molecule has 0 spiro atoms. The molecule has 3 fully saturated rings. The molecule has 2 aliphatic carbocycles. The molecule has 8 heteroatoms. The van der Waals surface area contributed by atoms with E-state index in [0.717, 1.165) is 18.5 Å². The Labute approximate surface area is 156 Å². The van der Waals surface area contributed by atoms with Crippen LogP contribution in [0.4, 0.5) is 5.69 Å². The van der Waals surface area contributed by atoms with Crippen molar-refractivity contribution in [2.75, 3.05) is 4.90 Å². The van der Waals surface area contributed by atoms with Gasteiger partial charge in [0.1, 0.15) is 6.10 Å². The molecule has 2 saturated carbocycles. The van der Waals surface area contributed by atoms with Crippen LogP contribution in [-0.4, -0.2) is 51.6 Å². The molecule has 0 aromatic heterocycles. The molecule has 0 unspecified atom stereocenters. The van der Waals surface area contributed by atoms with Gasteiger partial charge in [0.15, 0.2) is 5.11 Å². The number of amides is 1. The number of rotatable bonds is 3. The van der Waals surface area contributed by atoms with Gasteiger partial charge >= 0.3 is 0 Å². The maximum atomic E-state index is 12.8. The topological polar surface area (TPSA) is 84.8 Å². The second-order valence-electron chi connectivity index (χ2n) is 7.00. The number of anilines is 1. The van der Waals surface area contributed by atoms with Crippen LogP contribution in [0.1, 0.15) is 19.3 Å². The Bertz CT molecular complexity index is 697. The number of fused-ring (bicyclic) bond motifs is 1. The smallest absolute Gasteiger partial charge is 0.225 e. The number of hydrogen-bond donors (Lipinski definition) is 4. The van der Waals surface area contributed by atoms with Gasteiger partial charge in [0.25, 0.3) is 0 Å². The van der Waals surface area contributed by atoms with Gasteiger partial charge in [-0.3, -0.25) is 4.79 Å². The average Bonchev–Trinajstić information content (AvgIpc) is 3.32. The molecular weight excluding hydrogens is 362 g/mol. The van der Waals surface area contributed by atoms with E-state index in [0.29, 0.717) is 10.1 Å². The first-order valence-electron chi connectivity index (χ1n) is 8.47. The molecule has 1 aromatic rings. The summed E-state index contributed by atoms with van der Waals surface area (Å²) < 4.78 is 0. The Morgan fingerprint density at radius 2 is 1.96 bits per heavy atom. The minimum Gasteiger partial charge on any atom is -0.390 e. The molecule has 4 rings (SSSR count). The van der Waals surface area contributed by atoms with Gasteiger partial charge in [-0.25, -0.2) is 0 Å². The molecule has 1 saturated heterocycles. The summed E-state index contributed by atoms with van der Waals surface area (Å²) in [5.74, 6) is -0.554. The Morgan fingerprint density at radius 3 is 2.60 bits per heavy atom. The fourth-order valence-electron chi connectivity index (χ4n) is 3.78. The standard InChI is InChI=1S/C17H20ClN3O3S/c18-8-1-5-10(6-2-8)21-14-11(16(24)19-9-3-4-9)7-12(22)15(23)13(14)20-17(21)25/h1-2,5-6,9,11-15,22-23H,3-4,7H2,(H,19,24)(H,20,25)/t11-,12-,13-,14-,15+/m1/s1. The van der Waals surface area contributed by atoms with Crippen LogP contribution in [-0.2, 0) is 4.79 Å². The molecule has 1 amide bonds. The molecule has 3 aliphatic rings. The summed E-state index contributed by atoms with van der Waals surface area (Å²) in [7, 11) is 0. The van der Waals surface area contributed by atoms with E-state index < -0.39 is 24.2 Å². The van der Waals surface area contributed by atoms with Crippen molar-refractivity contribution >= 4 is 40.5 Å². The second-order valence-corrected chi connectivity index (χ2v) is 7.82. The summed E-state index contributed by atoms with van der Waals surface area (Å²) in [5, 5.41) is 27.8. The van der Waals surface area contributed by atoms with E-state index in [1.165, 1.54) is 0 Å². The van der Waals surface area contributed by atoms with E-state index in [4.69, 9.17) is 23.8 Å². The lowest BCUT2D eigenvalue weighted by Crippen LogP contribution is -2.61. The quantitative estimate of drug-likeness (QED) is 0.579. The third kappa shape index (κ3) is 3.10. The molecule has 1 aliphatic heterocycles. The van der Waals surface area contributed by atoms with E-state index >= 15 is 0 Å². The van der Waals surface area contributed by atoms with Crippen LogP contribution in [0.3, 0.4) is 0 Å². The first-order chi connectivity index (χ1) is 12.0. The van der Waals surface area contributed by atoms with Crippen molar-refractivity contribution < 1.29 is 15.0 Å². The highest BCUT2D eigenvalue weighted by Crippen LogP contribution is 2.37. The number of thiocarbonyl (C=S) groups is 1. The van der Waals surface area contributed by atoms with Gasteiger partial charge in [0, 0.05) is 16.8 Å².